The van der Waals surface area contributed by atoms with Crippen LogP contribution in [0.15, 0.2) is 40.9 Å². The van der Waals surface area contributed by atoms with Crippen molar-refractivity contribution in [1.82, 2.24) is 9.97 Å². The summed E-state index contributed by atoms with van der Waals surface area (Å²) >= 11 is 0. The normalized spacial score (nSPS) is 12.1. The number of carboxylic acids is 1. The van der Waals surface area contributed by atoms with Gasteiger partial charge in [-0.15, -0.1) is 0 Å². The molecule has 142 valence electrons. The lowest BCUT2D eigenvalue weighted by atomic mass is 10.1. The minimum Gasteiger partial charge on any atom is -0.477 e. The van der Waals surface area contributed by atoms with E-state index in [0.717, 1.165) is 12.1 Å². The van der Waals surface area contributed by atoms with Crippen LogP contribution in [0.3, 0.4) is 0 Å². The van der Waals surface area contributed by atoms with Gasteiger partial charge in [-0.25, -0.2) is 9.78 Å². The highest BCUT2D eigenvalue weighted by molar-refractivity contribution is 5.85. The number of carbonyl (C=O) groups is 1. The Morgan fingerprint density at radius 3 is 2.89 bits per heavy atom. The molecule has 2 aromatic heterocycles. The van der Waals surface area contributed by atoms with Crippen molar-refractivity contribution in [3.05, 3.63) is 42.2 Å². The highest BCUT2D eigenvalue weighted by atomic mass is 16.5. The zero-order valence-electron chi connectivity index (χ0n) is 15.4. The number of hydrogen-bond donors (Lipinski definition) is 2. The zero-order valence-corrected chi connectivity index (χ0v) is 15.4. The van der Waals surface area contributed by atoms with E-state index in [1.54, 1.807) is 24.3 Å². The number of unbranched alkanes of at least 4 members (excludes halogenated alkanes) is 1. The van der Waals surface area contributed by atoms with Crippen molar-refractivity contribution < 1.29 is 19.1 Å². The van der Waals surface area contributed by atoms with E-state index in [2.05, 4.69) is 29.1 Å². The van der Waals surface area contributed by atoms with Crippen molar-refractivity contribution in [2.75, 3.05) is 11.9 Å². The standard InChI is InChI=1S/C20H23N3O4/c1-3-4-5-13(2)12-22-20-23-16-7-6-14(11-18(16)27-20)26-15-8-9-21-17(10-15)19(24)25/h6-11,13H,3-5,12H2,1-2H3,(H,22,23)(H,24,25). The molecule has 0 spiro atoms. The Hall–Kier alpha value is -3.09. The minimum absolute atomic E-state index is 0.0723. The van der Waals surface area contributed by atoms with E-state index in [1.165, 1.54) is 31.5 Å². The molecule has 1 unspecified atom stereocenters. The van der Waals surface area contributed by atoms with Gasteiger partial charge < -0.3 is 19.6 Å². The summed E-state index contributed by atoms with van der Waals surface area (Å²) in [6.45, 7) is 5.21. The quantitative estimate of drug-likeness (QED) is 0.550. The van der Waals surface area contributed by atoms with E-state index in [4.69, 9.17) is 14.3 Å². The van der Waals surface area contributed by atoms with Gasteiger partial charge >= 0.3 is 5.97 Å². The molecule has 3 rings (SSSR count). The monoisotopic (exact) mass is 369 g/mol. The molecule has 2 N–H and O–H groups in total. The molecule has 0 amide bonds. The fourth-order valence-corrected chi connectivity index (χ4v) is 2.69. The number of hydrogen-bond acceptors (Lipinski definition) is 6. The summed E-state index contributed by atoms with van der Waals surface area (Å²) in [7, 11) is 0. The fraction of sp³-hybridized carbons (Fsp3) is 0.350. The van der Waals surface area contributed by atoms with E-state index in [0.29, 0.717) is 29.0 Å². The van der Waals surface area contributed by atoms with Gasteiger partial charge in [0.05, 0.1) is 0 Å². The number of nitrogens with one attached hydrogen (secondary N) is 1. The predicted molar refractivity (Wildman–Crippen MR) is 102 cm³/mol. The molecule has 1 atom stereocenters. The number of pyridine rings is 1. The minimum atomic E-state index is -1.10. The van der Waals surface area contributed by atoms with Crippen LogP contribution in [0.1, 0.15) is 43.6 Å². The molecule has 0 saturated carbocycles. The van der Waals surface area contributed by atoms with Crippen molar-refractivity contribution in [2.24, 2.45) is 5.92 Å². The van der Waals surface area contributed by atoms with Crippen molar-refractivity contribution in [3.8, 4) is 11.5 Å². The van der Waals surface area contributed by atoms with Gasteiger partial charge in [0.1, 0.15) is 17.0 Å². The number of rotatable bonds is 9. The second kappa shape index (κ2) is 8.53. The highest BCUT2D eigenvalue weighted by Gasteiger charge is 2.10. The zero-order chi connectivity index (χ0) is 19.2. The Morgan fingerprint density at radius 2 is 2.11 bits per heavy atom. The summed E-state index contributed by atoms with van der Waals surface area (Å²) in [5.74, 6) is 0.373. The Morgan fingerprint density at radius 1 is 1.30 bits per heavy atom. The summed E-state index contributed by atoms with van der Waals surface area (Å²) in [6, 6.07) is 8.76. The summed E-state index contributed by atoms with van der Waals surface area (Å²) in [4.78, 5) is 19.2. The van der Waals surface area contributed by atoms with Crippen LogP contribution in [0.25, 0.3) is 11.1 Å². The van der Waals surface area contributed by atoms with Crippen LogP contribution < -0.4 is 10.1 Å². The number of anilines is 1. The second-order valence-electron chi connectivity index (χ2n) is 6.56. The molecule has 7 nitrogen and oxygen atoms in total. The number of fused-ring (bicyclic) bond motifs is 1. The Kier molecular flexibility index (Phi) is 5.90. The Balaban J connectivity index is 1.68. The summed E-state index contributed by atoms with van der Waals surface area (Å²) in [5, 5.41) is 12.2. The van der Waals surface area contributed by atoms with Gasteiger partial charge in [-0.05, 0) is 30.5 Å². The number of benzene rings is 1. The lowest BCUT2D eigenvalue weighted by molar-refractivity contribution is 0.0690. The van der Waals surface area contributed by atoms with Gasteiger partial charge in [0.2, 0.25) is 0 Å². The van der Waals surface area contributed by atoms with Crippen LogP contribution in [0.4, 0.5) is 6.01 Å². The van der Waals surface area contributed by atoms with Gasteiger partial charge in [0, 0.05) is 24.9 Å². The van der Waals surface area contributed by atoms with Gasteiger partial charge in [-0.1, -0.05) is 26.7 Å². The average Bonchev–Trinajstić information content (AvgIpc) is 3.07. The third-order valence-corrected chi connectivity index (χ3v) is 4.20. The molecular weight excluding hydrogens is 346 g/mol. The molecule has 0 aliphatic rings. The number of carboxylic acid groups (broad SMARTS) is 1. The van der Waals surface area contributed by atoms with Crippen molar-refractivity contribution in [2.45, 2.75) is 33.1 Å². The molecule has 7 heteroatoms. The van der Waals surface area contributed by atoms with Gasteiger partial charge in [-0.2, -0.15) is 4.98 Å². The smallest absolute Gasteiger partial charge is 0.354 e. The SMILES string of the molecule is CCCCC(C)CNc1nc2ccc(Oc3ccnc(C(=O)O)c3)cc2o1. The number of aromatic nitrogens is 2. The third-order valence-electron chi connectivity index (χ3n) is 4.20. The molecule has 0 radical (unpaired) electrons. The first-order valence-corrected chi connectivity index (χ1v) is 9.07. The summed E-state index contributed by atoms with van der Waals surface area (Å²) in [6.07, 6.45) is 4.98. The molecular formula is C20H23N3O4. The van der Waals surface area contributed by atoms with Crippen LogP contribution >= 0.6 is 0 Å². The molecule has 0 aliphatic heterocycles. The van der Waals surface area contributed by atoms with Crippen LogP contribution in [0, 0.1) is 5.92 Å². The number of ether oxygens (including phenoxy) is 1. The van der Waals surface area contributed by atoms with Crippen molar-refractivity contribution in [3.63, 3.8) is 0 Å². The lowest BCUT2D eigenvalue weighted by Crippen LogP contribution is -2.11. The molecule has 27 heavy (non-hydrogen) atoms. The second-order valence-corrected chi connectivity index (χ2v) is 6.56. The largest absolute Gasteiger partial charge is 0.477 e. The van der Waals surface area contributed by atoms with E-state index in [-0.39, 0.29) is 5.69 Å². The maximum absolute atomic E-state index is 11.0. The van der Waals surface area contributed by atoms with E-state index in [1.807, 2.05) is 0 Å². The average molecular weight is 369 g/mol. The van der Waals surface area contributed by atoms with Crippen molar-refractivity contribution in [1.29, 1.82) is 0 Å². The first kappa shape index (κ1) is 18.7. The number of oxazole rings is 1. The molecule has 0 fully saturated rings. The van der Waals surface area contributed by atoms with Crippen molar-refractivity contribution >= 4 is 23.1 Å². The maximum Gasteiger partial charge on any atom is 0.354 e. The van der Waals surface area contributed by atoms with Crippen LogP contribution in [-0.4, -0.2) is 27.6 Å². The summed E-state index contributed by atoms with van der Waals surface area (Å²) < 4.78 is 11.5. The van der Waals surface area contributed by atoms with Gasteiger partial charge in [0.15, 0.2) is 11.3 Å². The van der Waals surface area contributed by atoms with Gasteiger partial charge in [0.25, 0.3) is 6.01 Å². The Labute approximate surface area is 157 Å². The summed E-state index contributed by atoms with van der Waals surface area (Å²) in [5.41, 5.74) is 1.26. The predicted octanol–water partition coefficient (Wildman–Crippen LogP) is 4.95. The first-order valence-electron chi connectivity index (χ1n) is 9.07. The third kappa shape index (κ3) is 4.97. The van der Waals surface area contributed by atoms with Crippen LogP contribution in [0.5, 0.6) is 11.5 Å². The van der Waals surface area contributed by atoms with Crippen LogP contribution in [-0.2, 0) is 0 Å². The van der Waals surface area contributed by atoms with Crippen LogP contribution in [0.2, 0.25) is 0 Å². The number of aromatic carboxylic acids is 1. The highest BCUT2D eigenvalue weighted by Crippen LogP contribution is 2.27. The van der Waals surface area contributed by atoms with E-state index in [9.17, 15) is 4.79 Å². The number of nitrogens with zero attached hydrogens (tertiary/aromatic N) is 2. The van der Waals surface area contributed by atoms with E-state index < -0.39 is 5.97 Å². The molecule has 3 aromatic rings. The Bertz CT molecular complexity index is 922. The van der Waals surface area contributed by atoms with Gasteiger partial charge in [-0.3, -0.25) is 0 Å². The molecule has 1 aromatic carbocycles. The van der Waals surface area contributed by atoms with E-state index >= 15 is 0 Å². The topological polar surface area (TPSA) is 97.5 Å². The first-order chi connectivity index (χ1) is 13.0. The maximum atomic E-state index is 11.0. The molecule has 0 aliphatic carbocycles. The fourth-order valence-electron chi connectivity index (χ4n) is 2.69. The molecule has 0 bridgehead atoms. The lowest BCUT2D eigenvalue weighted by Gasteiger charge is -2.10. The molecule has 2 heterocycles. The molecule has 0 saturated heterocycles.